The van der Waals surface area contributed by atoms with E-state index in [0.717, 1.165) is 31.5 Å². The van der Waals surface area contributed by atoms with Crippen molar-refractivity contribution in [3.05, 3.63) is 34.3 Å². The second-order valence-corrected chi connectivity index (χ2v) is 5.45. The normalized spacial score (nSPS) is 16.1. The predicted octanol–water partition coefficient (Wildman–Crippen LogP) is 2.15. The monoisotopic (exact) mass is 296 g/mol. The Bertz CT molecular complexity index is 459. The third-order valence-electron chi connectivity index (χ3n) is 3.45. The quantitative estimate of drug-likeness (QED) is 0.819. The molecule has 2 N–H and O–H groups in total. The van der Waals surface area contributed by atoms with Crippen molar-refractivity contribution >= 4 is 17.5 Å². The van der Waals surface area contributed by atoms with Crippen LogP contribution >= 0.6 is 11.6 Å². The molecule has 2 rings (SSSR count). The average molecular weight is 297 g/mol. The third-order valence-corrected chi connectivity index (χ3v) is 3.87. The maximum atomic E-state index is 11.9. The van der Waals surface area contributed by atoms with Crippen molar-refractivity contribution in [1.82, 2.24) is 10.6 Å². The van der Waals surface area contributed by atoms with Crippen LogP contribution in [0.25, 0.3) is 0 Å². The van der Waals surface area contributed by atoms with Crippen LogP contribution in [0, 0.1) is 6.92 Å². The summed E-state index contributed by atoms with van der Waals surface area (Å²) < 4.78 is 5.74. The Balaban J connectivity index is 1.70. The molecule has 0 spiro atoms. The van der Waals surface area contributed by atoms with Gasteiger partial charge in [-0.15, -0.1) is 0 Å². The zero-order valence-corrected chi connectivity index (χ0v) is 12.5. The summed E-state index contributed by atoms with van der Waals surface area (Å²) in [5.41, 5.74) is 1.54. The summed E-state index contributed by atoms with van der Waals surface area (Å²) in [6.45, 7) is 5.01. The van der Waals surface area contributed by atoms with Crippen molar-refractivity contribution in [3.63, 3.8) is 0 Å². The van der Waals surface area contributed by atoms with Crippen LogP contribution in [0.2, 0.25) is 5.02 Å². The van der Waals surface area contributed by atoms with Crippen LogP contribution in [-0.2, 0) is 4.74 Å². The topological polar surface area (TPSA) is 50.4 Å². The number of halogens is 1. The van der Waals surface area contributed by atoms with E-state index in [1.807, 2.05) is 6.92 Å². The fraction of sp³-hybridized carbons (Fsp3) is 0.533. The first kappa shape index (κ1) is 15.3. The molecule has 0 bridgehead atoms. The summed E-state index contributed by atoms with van der Waals surface area (Å²) in [5.74, 6) is -0.0846. The molecule has 0 aromatic heterocycles. The molecule has 0 aliphatic carbocycles. The molecule has 1 heterocycles. The highest BCUT2D eigenvalue weighted by Crippen LogP contribution is 2.16. The lowest BCUT2D eigenvalue weighted by Crippen LogP contribution is -2.34. The highest BCUT2D eigenvalue weighted by atomic mass is 35.5. The first-order valence-corrected chi connectivity index (χ1v) is 7.41. The van der Waals surface area contributed by atoms with Crippen molar-refractivity contribution in [2.45, 2.75) is 25.9 Å². The Kier molecular flexibility index (Phi) is 5.83. The first-order valence-electron chi connectivity index (χ1n) is 7.03. The molecule has 0 radical (unpaired) electrons. The highest BCUT2D eigenvalue weighted by Gasteiger charge is 2.13. The molecule has 1 amide bonds. The summed E-state index contributed by atoms with van der Waals surface area (Å²) in [7, 11) is 0. The summed E-state index contributed by atoms with van der Waals surface area (Å²) in [6.07, 6.45) is 2.42. The molecule has 1 aliphatic rings. The predicted molar refractivity (Wildman–Crippen MR) is 80.4 cm³/mol. The van der Waals surface area contributed by atoms with Gasteiger partial charge < -0.3 is 15.4 Å². The Morgan fingerprint density at radius 2 is 2.20 bits per heavy atom. The molecule has 1 fully saturated rings. The lowest BCUT2D eigenvalue weighted by Gasteiger charge is -2.22. The van der Waals surface area contributed by atoms with E-state index in [1.165, 1.54) is 0 Å². The number of carbonyl (C=O) groups excluding carboxylic acids is 1. The molecule has 1 aromatic rings. The van der Waals surface area contributed by atoms with Gasteiger partial charge in [-0.3, -0.25) is 4.79 Å². The molecule has 1 saturated heterocycles. The average Bonchev–Trinajstić information content (AvgIpc) is 2.47. The molecule has 20 heavy (non-hydrogen) atoms. The molecule has 0 atom stereocenters. The van der Waals surface area contributed by atoms with E-state index in [2.05, 4.69) is 10.6 Å². The third kappa shape index (κ3) is 4.47. The Morgan fingerprint density at radius 1 is 1.45 bits per heavy atom. The van der Waals surface area contributed by atoms with Crippen LogP contribution in [0.15, 0.2) is 18.2 Å². The maximum Gasteiger partial charge on any atom is 0.251 e. The Hall–Kier alpha value is -1.10. The molecule has 4 nitrogen and oxygen atoms in total. The summed E-state index contributed by atoms with van der Waals surface area (Å²) >= 11 is 5.94. The summed E-state index contributed by atoms with van der Waals surface area (Å²) in [5, 5.41) is 6.83. The van der Waals surface area contributed by atoms with Crippen LogP contribution in [0.4, 0.5) is 0 Å². The number of piperidine rings is 1. The minimum absolute atomic E-state index is 0.0846. The van der Waals surface area contributed by atoms with Crippen LogP contribution in [0.5, 0.6) is 0 Å². The molecular formula is C15H21ClN2O2. The van der Waals surface area contributed by atoms with E-state index < -0.39 is 0 Å². The highest BCUT2D eigenvalue weighted by molar-refractivity contribution is 6.31. The van der Waals surface area contributed by atoms with E-state index in [1.54, 1.807) is 18.2 Å². The molecule has 110 valence electrons. The molecule has 1 aliphatic heterocycles. The van der Waals surface area contributed by atoms with Gasteiger partial charge in [-0.2, -0.15) is 0 Å². The fourth-order valence-corrected chi connectivity index (χ4v) is 2.36. The van der Waals surface area contributed by atoms with Gasteiger partial charge in [-0.1, -0.05) is 11.6 Å². The lowest BCUT2D eigenvalue weighted by atomic mass is 10.1. The summed E-state index contributed by atoms with van der Waals surface area (Å²) in [6, 6.07) is 5.28. The Labute approximate surface area is 124 Å². The van der Waals surface area contributed by atoms with Crippen molar-refractivity contribution in [3.8, 4) is 0 Å². The van der Waals surface area contributed by atoms with E-state index in [-0.39, 0.29) is 5.91 Å². The second kappa shape index (κ2) is 7.62. The molecular weight excluding hydrogens is 276 g/mol. The number of aryl methyl sites for hydroxylation is 1. The van der Waals surface area contributed by atoms with Gasteiger partial charge >= 0.3 is 0 Å². The van der Waals surface area contributed by atoms with Crippen molar-refractivity contribution in [2.75, 3.05) is 26.2 Å². The number of amides is 1. The number of benzene rings is 1. The first-order chi connectivity index (χ1) is 9.66. The van der Waals surface area contributed by atoms with Gasteiger partial charge in [0.1, 0.15) is 0 Å². The van der Waals surface area contributed by atoms with E-state index in [4.69, 9.17) is 16.3 Å². The van der Waals surface area contributed by atoms with Crippen LogP contribution < -0.4 is 10.6 Å². The second-order valence-electron chi connectivity index (χ2n) is 5.04. The number of hydrogen-bond acceptors (Lipinski definition) is 3. The number of carbonyl (C=O) groups is 1. The minimum Gasteiger partial charge on any atom is -0.376 e. The van der Waals surface area contributed by atoms with Gasteiger partial charge in [-0.05, 0) is 56.6 Å². The standard InChI is InChI=1S/C15H21ClN2O2/c1-11-10-12(2-3-14(11)16)15(19)18-8-9-20-13-4-6-17-7-5-13/h2-3,10,13,17H,4-9H2,1H3,(H,18,19). The number of rotatable bonds is 5. The number of hydrogen-bond donors (Lipinski definition) is 2. The zero-order chi connectivity index (χ0) is 14.4. The van der Waals surface area contributed by atoms with E-state index in [0.29, 0.717) is 29.8 Å². The summed E-state index contributed by atoms with van der Waals surface area (Å²) in [4.78, 5) is 11.9. The SMILES string of the molecule is Cc1cc(C(=O)NCCOC2CCNCC2)ccc1Cl. The fourth-order valence-electron chi connectivity index (χ4n) is 2.24. The van der Waals surface area contributed by atoms with Gasteiger partial charge in [0, 0.05) is 17.1 Å². The zero-order valence-electron chi connectivity index (χ0n) is 11.7. The maximum absolute atomic E-state index is 11.9. The van der Waals surface area contributed by atoms with Crippen molar-refractivity contribution in [1.29, 1.82) is 0 Å². The molecule has 0 saturated carbocycles. The van der Waals surface area contributed by atoms with E-state index >= 15 is 0 Å². The Morgan fingerprint density at radius 3 is 2.90 bits per heavy atom. The van der Waals surface area contributed by atoms with Crippen LogP contribution in [0.1, 0.15) is 28.8 Å². The molecule has 5 heteroatoms. The van der Waals surface area contributed by atoms with Gasteiger partial charge in [0.2, 0.25) is 0 Å². The van der Waals surface area contributed by atoms with Crippen LogP contribution in [-0.4, -0.2) is 38.3 Å². The van der Waals surface area contributed by atoms with Gasteiger partial charge in [0.25, 0.3) is 5.91 Å². The number of nitrogens with one attached hydrogen (secondary N) is 2. The van der Waals surface area contributed by atoms with Crippen molar-refractivity contribution in [2.24, 2.45) is 0 Å². The lowest BCUT2D eigenvalue weighted by molar-refractivity contribution is 0.0343. The van der Waals surface area contributed by atoms with Gasteiger partial charge in [0.15, 0.2) is 0 Å². The largest absolute Gasteiger partial charge is 0.376 e. The molecule has 0 unspecified atom stereocenters. The van der Waals surface area contributed by atoms with Crippen LogP contribution in [0.3, 0.4) is 0 Å². The van der Waals surface area contributed by atoms with E-state index in [9.17, 15) is 4.79 Å². The number of ether oxygens (including phenoxy) is 1. The van der Waals surface area contributed by atoms with Gasteiger partial charge in [0.05, 0.1) is 12.7 Å². The molecule has 1 aromatic carbocycles. The smallest absolute Gasteiger partial charge is 0.251 e. The van der Waals surface area contributed by atoms with Gasteiger partial charge in [-0.25, -0.2) is 0 Å². The van der Waals surface area contributed by atoms with Crippen molar-refractivity contribution < 1.29 is 9.53 Å². The minimum atomic E-state index is -0.0846.